The molecule has 0 bridgehead atoms. The third-order valence-electron chi connectivity index (χ3n) is 3.17. The Morgan fingerprint density at radius 1 is 1.65 bits per heavy atom. The molecule has 7 nitrogen and oxygen atoms in total. The lowest BCUT2D eigenvalue weighted by Crippen LogP contribution is -2.53. The Morgan fingerprint density at radius 2 is 2.35 bits per heavy atom. The second kappa shape index (κ2) is 5.43. The Labute approximate surface area is 113 Å². The van der Waals surface area contributed by atoms with Crippen molar-refractivity contribution in [3.63, 3.8) is 0 Å². The molecule has 20 heavy (non-hydrogen) atoms. The number of nitrogens with one attached hydrogen (secondary N) is 1. The van der Waals surface area contributed by atoms with Crippen molar-refractivity contribution >= 4 is 12.0 Å². The van der Waals surface area contributed by atoms with Crippen molar-refractivity contribution in [1.82, 2.24) is 19.8 Å². The van der Waals surface area contributed by atoms with Crippen molar-refractivity contribution in [2.45, 2.75) is 25.4 Å². The molecule has 2 heterocycles. The molecule has 110 valence electrons. The van der Waals surface area contributed by atoms with E-state index in [1.54, 1.807) is 0 Å². The number of nitrogens with zero attached hydrogens (tertiary/aromatic N) is 3. The van der Waals surface area contributed by atoms with Gasteiger partial charge in [0.1, 0.15) is 6.04 Å². The van der Waals surface area contributed by atoms with E-state index in [1.165, 1.54) is 13.4 Å². The summed E-state index contributed by atoms with van der Waals surface area (Å²) >= 11 is 0. The van der Waals surface area contributed by atoms with Gasteiger partial charge in [0.2, 0.25) is 0 Å². The summed E-state index contributed by atoms with van der Waals surface area (Å²) in [5, 5.41) is 9.19. The van der Waals surface area contributed by atoms with Crippen molar-refractivity contribution < 1.29 is 23.5 Å². The fourth-order valence-electron chi connectivity index (χ4n) is 2.16. The van der Waals surface area contributed by atoms with Crippen LogP contribution in [0.3, 0.4) is 0 Å². The first-order valence-electron chi connectivity index (χ1n) is 5.94. The first-order chi connectivity index (χ1) is 9.40. The van der Waals surface area contributed by atoms with Crippen LogP contribution in [0.25, 0.3) is 0 Å². The molecule has 1 unspecified atom stereocenters. The van der Waals surface area contributed by atoms with Crippen LogP contribution in [0, 0.1) is 0 Å². The Hall–Kier alpha value is -2.19. The van der Waals surface area contributed by atoms with E-state index in [4.69, 9.17) is 0 Å². The van der Waals surface area contributed by atoms with Gasteiger partial charge in [-0.3, -0.25) is 0 Å². The van der Waals surface area contributed by atoms with Gasteiger partial charge in [-0.2, -0.15) is 0 Å². The molecule has 2 rings (SSSR count). The lowest BCUT2D eigenvalue weighted by Gasteiger charge is -2.35. The minimum Gasteiger partial charge on any atom is -0.480 e. The smallest absolute Gasteiger partial charge is 0.326 e. The number of alkyl halides is 2. The number of hydrogen-bond acceptors (Lipinski definition) is 3. The van der Waals surface area contributed by atoms with E-state index >= 15 is 0 Å². The largest absolute Gasteiger partial charge is 0.480 e. The number of fused-ring (bicyclic) bond motifs is 1. The number of imidazole rings is 1. The maximum atomic E-state index is 12.3. The first-order valence-corrected chi connectivity index (χ1v) is 5.94. The third-order valence-corrected chi connectivity index (χ3v) is 3.17. The second-order valence-electron chi connectivity index (χ2n) is 4.57. The Bertz CT molecular complexity index is 520. The van der Waals surface area contributed by atoms with Gasteiger partial charge in [0.15, 0.2) is 0 Å². The average molecular weight is 288 g/mol. The number of H-pyrrole nitrogens is 1. The van der Waals surface area contributed by atoms with Gasteiger partial charge in [0, 0.05) is 13.5 Å². The predicted molar refractivity (Wildman–Crippen MR) is 63.3 cm³/mol. The zero-order valence-electron chi connectivity index (χ0n) is 10.7. The van der Waals surface area contributed by atoms with Crippen LogP contribution in [0.15, 0.2) is 6.33 Å². The zero-order valence-corrected chi connectivity index (χ0v) is 10.7. The highest BCUT2D eigenvalue weighted by molar-refractivity contribution is 5.83. The van der Waals surface area contributed by atoms with Crippen LogP contribution in [0.1, 0.15) is 11.4 Å². The SMILES string of the molecule is CN(CC(F)F)C(=O)N1Cc2[nH]cnc2CC1C(=O)O. The van der Waals surface area contributed by atoms with Crippen LogP contribution < -0.4 is 0 Å². The molecule has 0 spiro atoms. The molecule has 9 heteroatoms. The minimum atomic E-state index is -2.67. The highest BCUT2D eigenvalue weighted by Gasteiger charge is 2.37. The number of urea groups is 1. The van der Waals surface area contributed by atoms with Crippen LogP contribution in [0.2, 0.25) is 0 Å². The zero-order chi connectivity index (χ0) is 14.9. The molecule has 1 aromatic rings. The highest BCUT2D eigenvalue weighted by atomic mass is 19.3. The number of aliphatic carboxylic acids is 1. The first kappa shape index (κ1) is 14.2. The second-order valence-corrected chi connectivity index (χ2v) is 4.57. The quantitative estimate of drug-likeness (QED) is 0.849. The lowest BCUT2D eigenvalue weighted by molar-refractivity contribution is -0.142. The minimum absolute atomic E-state index is 0.0126. The maximum absolute atomic E-state index is 12.3. The van der Waals surface area contributed by atoms with Gasteiger partial charge in [0.05, 0.1) is 30.8 Å². The Morgan fingerprint density at radius 3 is 2.95 bits per heavy atom. The number of hydrogen-bond donors (Lipinski definition) is 2. The molecule has 0 saturated heterocycles. The molecular weight excluding hydrogens is 274 g/mol. The van der Waals surface area contributed by atoms with E-state index in [-0.39, 0.29) is 13.0 Å². The molecule has 2 N–H and O–H groups in total. The summed E-state index contributed by atoms with van der Waals surface area (Å²) in [6.45, 7) is -0.726. The van der Waals surface area contributed by atoms with Gasteiger partial charge in [0.25, 0.3) is 6.43 Å². The van der Waals surface area contributed by atoms with Crippen LogP contribution in [0.4, 0.5) is 13.6 Å². The normalized spacial score (nSPS) is 18.0. The molecule has 0 fully saturated rings. The van der Waals surface area contributed by atoms with Gasteiger partial charge in [-0.25, -0.2) is 23.4 Å². The van der Waals surface area contributed by atoms with Crippen LogP contribution in [-0.2, 0) is 17.8 Å². The van der Waals surface area contributed by atoms with Gasteiger partial charge in [-0.05, 0) is 0 Å². The molecule has 1 aliphatic heterocycles. The van der Waals surface area contributed by atoms with Crippen LogP contribution >= 0.6 is 0 Å². The monoisotopic (exact) mass is 288 g/mol. The molecular formula is C11H14F2N4O3. The molecule has 0 aromatic carbocycles. The number of rotatable bonds is 3. The fraction of sp³-hybridized carbons (Fsp3) is 0.545. The third kappa shape index (κ3) is 2.70. The number of amides is 2. The van der Waals surface area contributed by atoms with Gasteiger partial charge in [-0.1, -0.05) is 0 Å². The number of aromatic amines is 1. The summed E-state index contributed by atoms with van der Waals surface area (Å²) in [6, 6.07) is -1.84. The number of carbonyl (C=O) groups excluding carboxylic acids is 1. The Kier molecular flexibility index (Phi) is 3.86. The summed E-state index contributed by atoms with van der Waals surface area (Å²) in [6.07, 6.45) is -1.19. The van der Waals surface area contributed by atoms with Gasteiger partial charge < -0.3 is 19.9 Å². The highest BCUT2D eigenvalue weighted by Crippen LogP contribution is 2.22. The van der Waals surface area contributed by atoms with E-state index in [0.717, 1.165) is 9.80 Å². The van der Waals surface area contributed by atoms with E-state index in [2.05, 4.69) is 9.97 Å². The van der Waals surface area contributed by atoms with Crippen molar-refractivity contribution in [3.05, 3.63) is 17.7 Å². The Balaban J connectivity index is 2.20. The molecule has 1 aliphatic rings. The summed E-state index contributed by atoms with van der Waals surface area (Å²) in [7, 11) is 1.22. The number of aromatic nitrogens is 2. The van der Waals surface area contributed by atoms with Crippen molar-refractivity contribution in [1.29, 1.82) is 0 Å². The molecule has 0 aliphatic carbocycles. The van der Waals surface area contributed by atoms with E-state index < -0.39 is 31.0 Å². The standard InChI is InChI=1S/C11H14F2N4O3/c1-16(4-9(12)13)11(20)17-3-7-6(14-5-15-7)2-8(17)10(18)19/h5,8-9H,2-4H2,1H3,(H,14,15)(H,18,19). The molecule has 1 atom stereocenters. The van der Waals surface area contributed by atoms with Crippen molar-refractivity contribution in [2.24, 2.45) is 0 Å². The molecule has 1 aromatic heterocycles. The predicted octanol–water partition coefficient (Wildman–Crippen LogP) is 0.538. The number of halogens is 2. The number of carboxylic acid groups (broad SMARTS) is 1. The molecule has 2 amide bonds. The lowest BCUT2D eigenvalue weighted by atomic mass is 10.0. The van der Waals surface area contributed by atoms with E-state index in [9.17, 15) is 23.5 Å². The van der Waals surface area contributed by atoms with E-state index in [1.807, 2.05) is 0 Å². The summed E-state index contributed by atoms with van der Waals surface area (Å²) in [5.41, 5.74) is 1.21. The number of carboxylic acids is 1. The summed E-state index contributed by atoms with van der Waals surface area (Å²) < 4.78 is 24.6. The summed E-state index contributed by atoms with van der Waals surface area (Å²) in [5.74, 6) is -1.18. The maximum Gasteiger partial charge on any atom is 0.326 e. The summed E-state index contributed by atoms with van der Waals surface area (Å²) in [4.78, 5) is 32.0. The van der Waals surface area contributed by atoms with Gasteiger partial charge in [-0.15, -0.1) is 0 Å². The van der Waals surface area contributed by atoms with Crippen molar-refractivity contribution in [2.75, 3.05) is 13.6 Å². The van der Waals surface area contributed by atoms with Crippen LogP contribution in [-0.4, -0.2) is 62.9 Å². The molecule has 0 radical (unpaired) electrons. The average Bonchev–Trinajstić information content (AvgIpc) is 2.82. The fourth-order valence-corrected chi connectivity index (χ4v) is 2.16. The van der Waals surface area contributed by atoms with E-state index in [0.29, 0.717) is 11.4 Å². The topological polar surface area (TPSA) is 89.5 Å². The number of carbonyl (C=O) groups is 2. The molecule has 0 saturated carbocycles. The van der Waals surface area contributed by atoms with Crippen molar-refractivity contribution in [3.8, 4) is 0 Å². The van der Waals surface area contributed by atoms with Gasteiger partial charge >= 0.3 is 12.0 Å². The van der Waals surface area contributed by atoms with Crippen LogP contribution in [0.5, 0.6) is 0 Å².